The van der Waals surface area contributed by atoms with Crippen molar-refractivity contribution in [2.45, 2.75) is 134 Å². The molecule has 1 heterocycles. The quantitative estimate of drug-likeness (QED) is 0.130. The Morgan fingerprint density at radius 1 is 0.767 bits per heavy atom. The van der Waals surface area contributed by atoms with Crippen molar-refractivity contribution in [3.8, 4) is 17.2 Å². The number of hydrogen-bond donors (Lipinski definition) is 2. The number of benzene rings is 2. The van der Waals surface area contributed by atoms with Crippen molar-refractivity contribution in [3.63, 3.8) is 0 Å². The highest BCUT2D eigenvalue weighted by atomic mass is 19.4. The molecule has 3 atom stereocenters. The van der Waals surface area contributed by atoms with E-state index in [0.29, 0.717) is 25.4 Å². The summed E-state index contributed by atoms with van der Waals surface area (Å²) in [5.74, 6) is -2.59. The number of ether oxygens (including phenoxy) is 1. The standard InChI is InChI=1S/C35H49F5O3/c1-26(15-11-8-9-13-23-34(36,37)35(38,39)40)14-10-6-4-3-5-7-12-16-31-30-22-21-29(42)24-32(30)43-25-33(31,2)27-17-19-28(41)20-18-27/h17-22,24,26,31,41-42H,3-16,23,25H2,1-2H3/t26?,31-,33-/m1/s1. The van der Waals surface area contributed by atoms with Gasteiger partial charge in [0.05, 0.1) is 6.61 Å². The zero-order chi connectivity index (χ0) is 31.5. The third-order valence-electron chi connectivity index (χ3n) is 9.24. The Kier molecular flexibility index (Phi) is 13.0. The molecule has 3 rings (SSSR count). The number of unbranched alkanes of at least 4 members (excludes halogenated alkanes) is 9. The molecule has 1 unspecified atom stereocenters. The molecule has 3 nitrogen and oxygen atoms in total. The van der Waals surface area contributed by atoms with Gasteiger partial charge in [0.1, 0.15) is 17.2 Å². The van der Waals surface area contributed by atoms with Crippen LogP contribution >= 0.6 is 0 Å². The molecule has 0 fully saturated rings. The molecule has 43 heavy (non-hydrogen) atoms. The van der Waals surface area contributed by atoms with Crippen molar-refractivity contribution >= 4 is 0 Å². The molecular formula is C35H49F5O3. The van der Waals surface area contributed by atoms with Crippen LogP contribution in [0, 0.1) is 5.92 Å². The maximum Gasteiger partial charge on any atom is 0.453 e. The third-order valence-corrected chi connectivity index (χ3v) is 9.24. The fraction of sp³-hybridized carbons (Fsp3) is 0.657. The molecule has 8 heteroatoms. The Hall–Kier alpha value is -2.51. The monoisotopic (exact) mass is 612 g/mol. The maximum absolute atomic E-state index is 12.9. The number of rotatable bonds is 18. The molecule has 0 bridgehead atoms. The van der Waals surface area contributed by atoms with E-state index in [4.69, 9.17) is 4.74 Å². The molecule has 0 saturated carbocycles. The summed E-state index contributed by atoms with van der Waals surface area (Å²) in [5, 5.41) is 19.8. The number of fused-ring (bicyclic) bond motifs is 1. The molecule has 242 valence electrons. The molecule has 0 aliphatic carbocycles. The third kappa shape index (κ3) is 10.3. The van der Waals surface area contributed by atoms with Crippen LogP contribution in [0.25, 0.3) is 0 Å². The molecule has 0 radical (unpaired) electrons. The van der Waals surface area contributed by atoms with Crippen molar-refractivity contribution < 1.29 is 36.9 Å². The van der Waals surface area contributed by atoms with Gasteiger partial charge in [-0.05, 0) is 48.1 Å². The summed E-state index contributed by atoms with van der Waals surface area (Å²) in [4.78, 5) is 0. The molecule has 0 spiro atoms. The molecule has 1 aliphatic rings. The minimum atomic E-state index is -5.44. The summed E-state index contributed by atoms with van der Waals surface area (Å²) in [7, 11) is 0. The Labute approximate surface area is 253 Å². The summed E-state index contributed by atoms with van der Waals surface area (Å²) in [6.45, 7) is 4.93. The Bertz CT molecular complexity index is 1100. The fourth-order valence-electron chi connectivity index (χ4n) is 6.41. The number of alkyl halides is 5. The zero-order valence-corrected chi connectivity index (χ0v) is 25.7. The van der Waals surface area contributed by atoms with Gasteiger partial charge in [-0.15, -0.1) is 0 Å². The lowest BCUT2D eigenvalue weighted by Gasteiger charge is -2.43. The van der Waals surface area contributed by atoms with Crippen molar-refractivity contribution in [3.05, 3.63) is 53.6 Å². The fourth-order valence-corrected chi connectivity index (χ4v) is 6.41. The minimum absolute atomic E-state index is 0.0917. The lowest BCUT2D eigenvalue weighted by molar-refractivity contribution is -0.284. The van der Waals surface area contributed by atoms with E-state index in [1.807, 2.05) is 18.2 Å². The number of aromatic hydroxyl groups is 2. The van der Waals surface area contributed by atoms with Crippen LogP contribution in [-0.4, -0.2) is 28.9 Å². The van der Waals surface area contributed by atoms with Crippen LogP contribution in [0.4, 0.5) is 22.0 Å². The highest BCUT2D eigenvalue weighted by Crippen LogP contribution is 2.50. The Balaban J connectivity index is 1.29. The molecule has 2 aromatic rings. The van der Waals surface area contributed by atoms with Gasteiger partial charge < -0.3 is 14.9 Å². The summed E-state index contributed by atoms with van der Waals surface area (Å²) in [6, 6.07) is 12.8. The first-order chi connectivity index (χ1) is 20.3. The molecule has 0 saturated heterocycles. The number of phenols is 2. The van der Waals surface area contributed by atoms with E-state index in [1.54, 1.807) is 24.3 Å². The average molecular weight is 613 g/mol. The van der Waals surface area contributed by atoms with E-state index >= 15 is 0 Å². The predicted octanol–water partition coefficient (Wildman–Crippen LogP) is 11.2. The minimum Gasteiger partial charge on any atom is -0.508 e. The normalized spacial score (nSPS) is 19.6. The summed E-state index contributed by atoms with van der Waals surface area (Å²) in [5.41, 5.74) is 2.02. The van der Waals surface area contributed by atoms with Crippen LogP contribution in [0.15, 0.2) is 42.5 Å². The van der Waals surface area contributed by atoms with Gasteiger partial charge in [0.15, 0.2) is 0 Å². The average Bonchev–Trinajstić information content (AvgIpc) is 2.94. The topological polar surface area (TPSA) is 49.7 Å². The smallest absolute Gasteiger partial charge is 0.453 e. The lowest BCUT2D eigenvalue weighted by atomic mass is 9.66. The van der Waals surface area contributed by atoms with Gasteiger partial charge in [0, 0.05) is 23.8 Å². The number of halogens is 5. The molecule has 2 N–H and O–H groups in total. The van der Waals surface area contributed by atoms with Crippen LogP contribution in [0.2, 0.25) is 0 Å². The van der Waals surface area contributed by atoms with Gasteiger partial charge >= 0.3 is 12.1 Å². The Morgan fingerprint density at radius 3 is 1.91 bits per heavy atom. The molecule has 1 aliphatic heterocycles. The summed E-state index contributed by atoms with van der Waals surface area (Å²) in [6.07, 6.45) is 6.67. The number of phenolic OH excluding ortho intramolecular Hbond substituents is 2. The van der Waals surface area contributed by atoms with Gasteiger partial charge in [-0.1, -0.05) is 109 Å². The van der Waals surface area contributed by atoms with Crippen LogP contribution in [0.5, 0.6) is 17.2 Å². The van der Waals surface area contributed by atoms with E-state index in [1.165, 1.54) is 25.7 Å². The van der Waals surface area contributed by atoms with Crippen molar-refractivity contribution in [1.82, 2.24) is 0 Å². The lowest BCUT2D eigenvalue weighted by Crippen LogP contribution is -2.40. The van der Waals surface area contributed by atoms with E-state index in [2.05, 4.69) is 13.8 Å². The van der Waals surface area contributed by atoms with E-state index in [-0.39, 0.29) is 29.3 Å². The number of hydrogen-bond acceptors (Lipinski definition) is 3. The first-order valence-electron chi connectivity index (χ1n) is 16.0. The van der Waals surface area contributed by atoms with Gasteiger partial charge in [-0.25, -0.2) is 0 Å². The second-order valence-corrected chi connectivity index (χ2v) is 12.8. The van der Waals surface area contributed by atoms with Crippen LogP contribution in [0.1, 0.15) is 127 Å². The van der Waals surface area contributed by atoms with Gasteiger partial charge in [-0.3, -0.25) is 0 Å². The molecule has 0 amide bonds. The molecular weight excluding hydrogens is 563 g/mol. The highest BCUT2D eigenvalue weighted by Gasteiger charge is 2.56. The van der Waals surface area contributed by atoms with Crippen molar-refractivity contribution in [1.29, 1.82) is 0 Å². The van der Waals surface area contributed by atoms with Gasteiger partial charge in [0.2, 0.25) is 0 Å². The largest absolute Gasteiger partial charge is 0.508 e. The van der Waals surface area contributed by atoms with Crippen molar-refractivity contribution in [2.75, 3.05) is 6.61 Å². The van der Waals surface area contributed by atoms with Gasteiger partial charge in [-0.2, -0.15) is 22.0 Å². The molecule has 2 aromatic carbocycles. The predicted molar refractivity (Wildman–Crippen MR) is 161 cm³/mol. The Morgan fingerprint density at radius 2 is 1.30 bits per heavy atom. The maximum atomic E-state index is 12.9. The van der Waals surface area contributed by atoms with E-state index in [9.17, 15) is 32.2 Å². The summed E-state index contributed by atoms with van der Waals surface area (Å²) >= 11 is 0. The second-order valence-electron chi connectivity index (χ2n) is 12.8. The molecule has 0 aromatic heterocycles. The summed E-state index contributed by atoms with van der Waals surface area (Å²) < 4.78 is 68.6. The van der Waals surface area contributed by atoms with Gasteiger partial charge in [0.25, 0.3) is 0 Å². The SMILES string of the molecule is CC(CCCCCCCCC[C@@H]1c2ccc(O)cc2OC[C@]1(C)c1ccc(O)cc1)CCCCCCC(F)(F)C(F)(F)F. The van der Waals surface area contributed by atoms with E-state index in [0.717, 1.165) is 61.8 Å². The second kappa shape index (κ2) is 16.0. The zero-order valence-electron chi connectivity index (χ0n) is 25.7. The van der Waals surface area contributed by atoms with Crippen LogP contribution in [0.3, 0.4) is 0 Å². The first-order valence-corrected chi connectivity index (χ1v) is 16.0. The van der Waals surface area contributed by atoms with Crippen molar-refractivity contribution in [2.24, 2.45) is 5.92 Å². The van der Waals surface area contributed by atoms with Crippen LogP contribution < -0.4 is 4.74 Å². The van der Waals surface area contributed by atoms with E-state index < -0.39 is 18.5 Å². The first kappa shape index (κ1) is 35.0. The van der Waals surface area contributed by atoms with Crippen LogP contribution in [-0.2, 0) is 5.41 Å². The highest BCUT2D eigenvalue weighted by molar-refractivity contribution is 5.48.